The van der Waals surface area contributed by atoms with Gasteiger partial charge in [0.15, 0.2) is 0 Å². The number of furan rings is 1. The largest absolute Gasteiger partial charge is 0.460 e. The fraction of sp³-hybridized carbons (Fsp3) is 0.385. The van der Waals surface area contributed by atoms with E-state index in [9.17, 15) is 0 Å². The second kappa shape index (κ2) is 3.38. The monoisotopic (exact) mass is 201 g/mol. The molecule has 1 aliphatic heterocycles. The van der Waals surface area contributed by atoms with Gasteiger partial charge in [-0.2, -0.15) is 0 Å². The van der Waals surface area contributed by atoms with Crippen molar-refractivity contribution in [2.75, 3.05) is 13.1 Å². The Morgan fingerprint density at radius 2 is 2.20 bits per heavy atom. The summed E-state index contributed by atoms with van der Waals surface area (Å²) in [6.45, 7) is 4.33. The lowest BCUT2D eigenvalue weighted by Crippen LogP contribution is -2.07. The summed E-state index contributed by atoms with van der Waals surface area (Å²) >= 11 is 0. The summed E-state index contributed by atoms with van der Waals surface area (Å²) in [5.74, 6) is 1.75. The molecule has 1 N–H and O–H groups in total. The zero-order valence-electron chi connectivity index (χ0n) is 8.92. The van der Waals surface area contributed by atoms with Crippen LogP contribution >= 0.6 is 0 Å². The minimum atomic E-state index is 0.567. The van der Waals surface area contributed by atoms with Gasteiger partial charge in [0.1, 0.15) is 11.3 Å². The van der Waals surface area contributed by atoms with Crippen molar-refractivity contribution < 1.29 is 4.42 Å². The van der Waals surface area contributed by atoms with Crippen LogP contribution in [0.5, 0.6) is 0 Å². The standard InChI is InChI=1S/C13H15NO/c1-9-11-4-2-3-5-12(11)15-13(9)10-6-7-14-8-10/h2-5,10,14H,6-8H2,1H3. The molecule has 1 fully saturated rings. The molecule has 0 radical (unpaired) electrons. The first-order chi connectivity index (χ1) is 7.36. The van der Waals surface area contributed by atoms with Gasteiger partial charge in [0.05, 0.1) is 0 Å². The van der Waals surface area contributed by atoms with E-state index in [4.69, 9.17) is 4.42 Å². The third kappa shape index (κ3) is 1.37. The normalized spacial score (nSPS) is 21.3. The predicted octanol–water partition coefficient (Wildman–Crippen LogP) is 2.82. The molecule has 1 unspecified atom stereocenters. The van der Waals surface area contributed by atoms with Crippen LogP contribution in [0.2, 0.25) is 0 Å². The van der Waals surface area contributed by atoms with Crippen LogP contribution in [-0.2, 0) is 0 Å². The fourth-order valence-corrected chi connectivity index (χ4v) is 2.46. The van der Waals surface area contributed by atoms with E-state index in [0.717, 1.165) is 18.7 Å². The van der Waals surface area contributed by atoms with Crippen molar-refractivity contribution in [2.24, 2.45) is 0 Å². The van der Waals surface area contributed by atoms with Crippen LogP contribution in [0.3, 0.4) is 0 Å². The Morgan fingerprint density at radius 1 is 1.33 bits per heavy atom. The number of rotatable bonds is 1. The summed E-state index contributed by atoms with van der Waals surface area (Å²) in [5.41, 5.74) is 2.34. The Hall–Kier alpha value is -1.28. The molecule has 15 heavy (non-hydrogen) atoms. The Labute approximate surface area is 89.3 Å². The van der Waals surface area contributed by atoms with E-state index in [-0.39, 0.29) is 0 Å². The van der Waals surface area contributed by atoms with Gasteiger partial charge in [-0.3, -0.25) is 0 Å². The van der Waals surface area contributed by atoms with Crippen molar-refractivity contribution in [1.82, 2.24) is 5.32 Å². The van der Waals surface area contributed by atoms with Crippen LogP contribution < -0.4 is 5.32 Å². The van der Waals surface area contributed by atoms with Crippen LogP contribution in [0.1, 0.15) is 23.7 Å². The molecule has 1 aliphatic rings. The van der Waals surface area contributed by atoms with E-state index < -0.39 is 0 Å². The maximum atomic E-state index is 5.94. The summed E-state index contributed by atoms with van der Waals surface area (Å²) in [6, 6.07) is 8.29. The molecule has 3 rings (SSSR count). The first kappa shape index (κ1) is 8.98. The lowest BCUT2D eigenvalue weighted by atomic mass is 10.0. The van der Waals surface area contributed by atoms with Crippen LogP contribution in [-0.4, -0.2) is 13.1 Å². The van der Waals surface area contributed by atoms with Gasteiger partial charge >= 0.3 is 0 Å². The molecule has 2 nitrogen and oxygen atoms in total. The van der Waals surface area contributed by atoms with Crippen molar-refractivity contribution in [3.63, 3.8) is 0 Å². The maximum absolute atomic E-state index is 5.94. The van der Waals surface area contributed by atoms with E-state index in [2.05, 4.69) is 24.4 Å². The molecule has 0 aliphatic carbocycles. The number of benzene rings is 1. The molecule has 78 valence electrons. The number of aryl methyl sites for hydroxylation is 1. The number of fused-ring (bicyclic) bond motifs is 1. The second-order valence-corrected chi connectivity index (χ2v) is 4.28. The minimum absolute atomic E-state index is 0.567. The molecular weight excluding hydrogens is 186 g/mol. The topological polar surface area (TPSA) is 25.2 Å². The Kier molecular flexibility index (Phi) is 2.03. The maximum Gasteiger partial charge on any atom is 0.134 e. The van der Waals surface area contributed by atoms with Gasteiger partial charge in [0.25, 0.3) is 0 Å². The zero-order valence-corrected chi connectivity index (χ0v) is 8.92. The zero-order chi connectivity index (χ0) is 10.3. The SMILES string of the molecule is Cc1c(C2CCNC2)oc2ccccc12. The third-order valence-electron chi connectivity index (χ3n) is 3.31. The molecule has 2 heteroatoms. The molecule has 1 aromatic carbocycles. The molecule has 1 aromatic heterocycles. The molecule has 0 amide bonds. The highest BCUT2D eigenvalue weighted by Crippen LogP contribution is 2.32. The average molecular weight is 201 g/mol. The molecule has 1 atom stereocenters. The van der Waals surface area contributed by atoms with Gasteiger partial charge in [-0.1, -0.05) is 18.2 Å². The molecular formula is C13H15NO. The van der Waals surface area contributed by atoms with Gasteiger partial charge in [-0.05, 0) is 31.5 Å². The Morgan fingerprint density at radius 3 is 2.93 bits per heavy atom. The minimum Gasteiger partial charge on any atom is -0.460 e. The van der Waals surface area contributed by atoms with Crippen LogP contribution in [0.25, 0.3) is 11.0 Å². The lowest BCUT2D eigenvalue weighted by molar-refractivity contribution is 0.501. The van der Waals surface area contributed by atoms with Crippen LogP contribution in [0.15, 0.2) is 28.7 Å². The lowest BCUT2D eigenvalue weighted by Gasteiger charge is -2.04. The highest BCUT2D eigenvalue weighted by atomic mass is 16.3. The Balaban J connectivity index is 2.14. The smallest absolute Gasteiger partial charge is 0.134 e. The highest BCUT2D eigenvalue weighted by molar-refractivity contribution is 5.82. The summed E-state index contributed by atoms with van der Waals surface area (Å²) < 4.78 is 5.94. The van der Waals surface area contributed by atoms with E-state index in [1.165, 1.54) is 23.1 Å². The van der Waals surface area contributed by atoms with Crippen molar-refractivity contribution in [3.05, 3.63) is 35.6 Å². The predicted molar refractivity (Wildman–Crippen MR) is 61.2 cm³/mol. The molecule has 0 bridgehead atoms. The average Bonchev–Trinajstić information content (AvgIpc) is 2.87. The summed E-state index contributed by atoms with van der Waals surface area (Å²) in [7, 11) is 0. The first-order valence-corrected chi connectivity index (χ1v) is 5.55. The van der Waals surface area contributed by atoms with Gasteiger partial charge in [-0.25, -0.2) is 0 Å². The highest BCUT2D eigenvalue weighted by Gasteiger charge is 2.23. The van der Waals surface area contributed by atoms with E-state index in [1.807, 2.05) is 12.1 Å². The molecule has 1 saturated heterocycles. The quantitative estimate of drug-likeness (QED) is 0.767. The number of para-hydroxylation sites is 1. The second-order valence-electron chi connectivity index (χ2n) is 4.28. The summed E-state index contributed by atoms with van der Waals surface area (Å²) in [4.78, 5) is 0. The van der Waals surface area contributed by atoms with Gasteiger partial charge in [0.2, 0.25) is 0 Å². The van der Waals surface area contributed by atoms with Crippen molar-refractivity contribution in [1.29, 1.82) is 0 Å². The van der Waals surface area contributed by atoms with Crippen molar-refractivity contribution in [3.8, 4) is 0 Å². The van der Waals surface area contributed by atoms with Gasteiger partial charge in [0, 0.05) is 17.8 Å². The summed E-state index contributed by atoms with van der Waals surface area (Å²) in [6.07, 6.45) is 1.20. The molecule has 0 saturated carbocycles. The first-order valence-electron chi connectivity index (χ1n) is 5.55. The number of hydrogen-bond donors (Lipinski definition) is 1. The van der Waals surface area contributed by atoms with E-state index in [1.54, 1.807) is 0 Å². The molecule has 2 aromatic rings. The van der Waals surface area contributed by atoms with Crippen molar-refractivity contribution in [2.45, 2.75) is 19.3 Å². The number of nitrogens with one attached hydrogen (secondary N) is 1. The third-order valence-corrected chi connectivity index (χ3v) is 3.31. The Bertz CT molecular complexity index is 480. The molecule has 0 spiro atoms. The van der Waals surface area contributed by atoms with Gasteiger partial charge < -0.3 is 9.73 Å². The van der Waals surface area contributed by atoms with Crippen LogP contribution in [0, 0.1) is 6.92 Å². The molecule has 2 heterocycles. The fourth-order valence-electron chi connectivity index (χ4n) is 2.46. The van der Waals surface area contributed by atoms with Gasteiger partial charge in [-0.15, -0.1) is 0 Å². The van der Waals surface area contributed by atoms with E-state index >= 15 is 0 Å². The summed E-state index contributed by atoms with van der Waals surface area (Å²) in [5, 5.41) is 4.65. The van der Waals surface area contributed by atoms with Crippen molar-refractivity contribution >= 4 is 11.0 Å². The van der Waals surface area contributed by atoms with E-state index in [0.29, 0.717) is 5.92 Å². The van der Waals surface area contributed by atoms with Crippen LogP contribution in [0.4, 0.5) is 0 Å². The number of hydrogen-bond acceptors (Lipinski definition) is 2.